The SMILES string of the molecule is CCOc1cc(/C=N\N=C(N)N)cc(Br)c1O. The number of benzene rings is 1. The summed E-state index contributed by atoms with van der Waals surface area (Å²) in [5.74, 6) is 0.294. The summed E-state index contributed by atoms with van der Waals surface area (Å²) in [7, 11) is 0. The highest BCUT2D eigenvalue weighted by atomic mass is 79.9. The maximum Gasteiger partial charge on any atom is 0.211 e. The normalized spacial score (nSPS) is 10.5. The number of phenolic OH excluding ortho intramolecular Hbond substituents is 1. The molecule has 0 aliphatic heterocycles. The van der Waals surface area contributed by atoms with Crippen LogP contribution in [0.25, 0.3) is 0 Å². The number of nitrogens with zero attached hydrogens (tertiary/aromatic N) is 2. The molecule has 6 nitrogen and oxygen atoms in total. The van der Waals surface area contributed by atoms with E-state index in [1.807, 2.05) is 6.92 Å². The molecule has 0 heterocycles. The zero-order valence-electron chi connectivity index (χ0n) is 9.22. The van der Waals surface area contributed by atoms with Gasteiger partial charge in [-0.25, -0.2) is 0 Å². The number of hydrogen-bond acceptors (Lipinski definition) is 4. The maximum atomic E-state index is 9.68. The summed E-state index contributed by atoms with van der Waals surface area (Å²) in [4.78, 5) is 0. The van der Waals surface area contributed by atoms with Crippen molar-refractivity contribution in [2.75, 3.05) is 6.61 Å². The Bertz CT molecular complexity index is 456. The molecule has 0 bridgehead atoms. The lowest BCUT2D eigenvalue weighted by Gasteiger charge is -2.07. The number of hydrogen-bond donors (Lipinski definition) is 3. The van der Waals surface area contributed by atoms with E-state index in [0.717, 1.165) is 0 Å². The Morgan fingerprint density at radius 1 is 1.53 bits per heavy atom. The van der Waals surface area contributed by atoms with Gasteiger partial charge in [-0.3, -0.25) is 0 Å². The summed E-state index contributed by atoms with van der Waals surface area (Å²) in [6.45, 7) is 2.28. The summed E-state index contributed by atoms with van der Waals surface area (Å²) >= 11 is 3.21. The highest BCUT2D eigenvalue weighted by Gasteiger charge is 2.07. The van der Waals surface area contributed by atoms with E-state index in [1.54, 1.807) is 12.1 Å². The quantitative estimate of drug-likeness (QED) is 0.441. The first-order valence-electron chi connectivity index (χ1n) is 4.82. The number of nitrogens with two attached hydrogens (primary N) is 2. The van der Waals surface area contributed by atoms with E-state index in [0.29, 0.717) is 22.4 Å². The van der Waals surface area contributed by atoms with E-state index >= 15 is 0 Å². The number of halogens is 1. The van der Waals surface area contributed by atoms with Crippen molar-refractivity contribution in [3.8, 4) is 11.5 Å². The minimum absolute atomic E-state index is 0.0471. The van der Waals surface area contributed by atoms with Crippen LogP contribution in [0, 0.1) is 0 Å². The standard InChI is InChI=1S/C10H13BrN4O2/c1-2-17-8-4-6(3-7(11)9(8)16)5-14-15-10(12)13/h3-5,16H,2H2,1H3,(H4,12,13,15)/b14-5-. The van der Waals surface area contributed by atoms with Gasteiger partial charge >= 0.3 is 0 Å². The number of ether oxygens (including phenoxy) is 1. The average molecular weight is 301 g/mol. The molecule has 0 atom stereocenters. The van der Waals surface area contributed by atoms with E-state index in [2.05, 4.69) is 26.1 Å². The van der Waals surface area contributed by atoms with E-state index in [9.17, 15) is 5.11 Å². The van der Waals surface area contributed by atoms with Gasteiger partial charge in [0.15, 0.2) is 11.5 Å². The van der Waals surface area contributed by atoms with Crippen LogP contribution in [0.1, 0.15) is 12.5 Å². The van der Waals surface area contributed by atoms with Crippen LogP contribution in [-0.2, 0) is 0 Å². The second-order valence-electron chi connectivity index (χ2n) is 3.05. The van der Waals surface area contributed by atoms with E-state index < -0.39 is 0 Å². The van der Waals surface area contributed by atoms with Crippen molar-refractivity contribution < 1.29 is 9.84 Å². The molecule has 0 saturated carbocycles. The molecule has 0 fully saturated rings. The maximum absolute atomic E-state index is 9.68. The van der Waals surface area contributed by atoms with Crippen LogP contribution in [0.2, 0.25) is 0 Å². The lowest BCUT2D eigenvalue weighted by Crippen LogP contribution is -2.21. The van der Waals surface area contributed by atoms with Crippen LogP contribution in [0.15, 0.2) is 26.8 Å². The average Bonchev–Trinajstić information content (AvgIpc) is 2.25. The van der Waals surface area contributed by atoms with Gasteiger partial charge in [0.25, 0.3) is 0 Å². The van der Waals surface area contributed by atoms with Gasteiger partial charge < -0.3 is 21.3 Å². The Morgan fingerprint density at radius 2 is 2.24 bits per heavy atom. The topological polar surface area (TPSA) is 106 Å². The molecule has 0 aliphatic rings. The Hall–Kier alpha value is -1.76. The molecule has 0 saturated heterocycles. The van der Waals surface area contributed by atoms with Gasteiger partial charge in [-0.15, -0.1) is 5.10 Å². The Kier molecular flexibility index (Phi) is 4.77. The van der Waals surface area contributed by atoms with Crippen molar-refractivity contribution >= 4 is 28.1 Å². The molecule has 0 spiro atoms. The number of rotatable bonds is 4. The van der Waals surface area contributed by atoms with Crippen molar-refractivity contribution in [1.29, 1.82) is 0 Å². The third kappa shape index (κ3) is 3.95. The highest BCUT2D eigenvalue weighted by Crippen LogP contribution is 2.34. The summed E-state index contributed by atoms with van der Waals surface area (Å²) < 4.78 is 5.77. The van der Waals surface area contributed by atoms with Crippen molar-refractivity contribution in [1.82, 2.24) is 0 Å². The fourth-order valence-electron chi connectivity index (χ4n) is 1.10. The first kappa shape index (κ1) is 13.3. The molecule has 1 aromatic rings. The molecule has 0 unspecified atom stereocenters. The predicted molar refractivity (Wildman–Crippen MR) is 70.4 cm³/mol. The van der Waals surface area contributed by atoms with Crippen LogP contribution in [-0.4, -0.2) is 23.9 Å². The van der Waals surface area contributed by atoms with Crippen molar-refractivity contribution in [3.63, 3.8) is 0 Å². The smallest absolute Gasteiger partial charge is 0.211 e. The van der Waals surface area contributed by atoms with Crippen LogP contribution in [0.3, 0.4) is 0 Å². The fraction of sp³-hybridized carbons (Fsp3) is 0.200. The molecule has 1 rings (SSSR count). The zero-order chi connectivity index (χ0) is 12.8. The molecule has 1 aromatic carbocycles. The molecule has 17 heavy (non-hydrogen) atoms. The van der Waals surface area contributed by atoms with Crippen LogP contribution >= 0.6 is 15.9 Å². The molecule has 0 aromatic heterocycles. The molecular formula is C10H13BrN4O2. The summed E-state index contributed by atoms with van der Waals surface area (Å²) in [5, 5.41) is 16.8. The van der Waals surface area contributed by atoms with Gasteiger partial charge in [0.05, 0.1) is 17.3 Å². The van der Waals surface area contributed by atoms with Crippen molar-refractivity contribution in [2.24, 2.45) is 21.7 Å². The first-order chi connectivity index (χ1) is 8.04. The van der Waals surface area contributed by atoms with Gasteiger partial charge in [-0.2, -0.15) is 5.10 Å². The van der Waals surface area contributed by atoms with Gasteiger partial charge in [0, 0.05) is 0 Å². The molecule has 92 valence electrons. The Morgan fingerprint density at radius 3 is 2.82 bits per heavy atom. The summed E-state index contributed by atoms with van der Waals surface area (Å²) in [6.07, 6.45) is 1.45. The highest BCUT2D eigenvalue weighted by molar-refractivity contribution is 9.10. The zero-order valence-corrected chi connectivity index (χ0v) is 10.8. The molecule has 0 aliphatic carbocycles. The third-order valence-electron chi connectivity index (χ3n) is 1.73. The van der Waals surface area contributed by atoms with E-state index in [1.165, 1.54) is 6.21 Å². The van der Waals surface area contributed by atoms with Crippen molar-refractivity contribution in [2.45, 2.75) is 6.92 Å². The summed E-state index contributed by atoms with van der Waals surface area (Å²) in [6, 6.07) is 3.30. The van der Waals surface area contributed by atoms with Gasteiger partial charge in [-0.1, -0.05) is 0 Å². The molecule has 0 amide bonds. The lowest BCUT2D eigenvalue weighted by molar-refractivity contribution is 0.317. The van der Waals surface area contributed by atoms with Crippen LogP contribution in [0.5, 0.6) is 11.5 Å². The third-order valence-corrected chi connectivity index (χ3v) is 2.34. The van der Waals surface area contributed by atoms with Gasteiger partial charge in [-0.05, 0) is 40.5 Å². The minimum atomic E-state index is -0.121. The number of phenols is 1. The molecular weight excluding hydrogens is 288 g/mol. The number of aromatic hydroxyl groups is 1. The largest absolute Gasteiger partial charge is 0.503 e. The van der Waals surface area contributed by atoms with Crippen molar-refractivity contribution in [3.05, 3.63) is 22.2 Å². The molecule has 0 radical (unpaired) electrons. The van der Waals surface area contributed by atoms with E-state index in [-0.39, 0.29) is 11.7 Å². The molecule has 7 heteroatoms. The second-order valence-corrected chi connectivity index (χ2v) is 3.91. The monoisotopic (exact) mass is 300 g/mol. The Balaban J connectivity index is 3.02. The predicted octanol–water partition coefficient (Wildman–Crippen LogP) is 1.16. The lowest BCUT2D eigenvalue weighted by atomic mass is 10.2. The molecule has 5 N–H and O–H groups in total. The van der Waals surface area contributed by atoms with Gasteiger partial charge in [0.2, 0.25) is 5.96 Å². The summed E-state index contributed by atoms with van der Waals surface area (Å²) in [5.41, 5.74) is 11.0. The first-order valence-corrected chi connectivity index (χ1v) is 5.61. The second kappa shape index (κ2) is 6.09. The van der Waals surface area contributed by atoms with Crippen LogP contribution in [0.4, 0.5) is 0 Å². The minimum Gasteiger partial charge on any atom is -0.503 e. The number of guanidine groups is 1. The van der Waals surface area contributed by atoms with E-state index in [4.69, 9.17) is 16.2 Å². The Labute approximate surface area is 107 Å². The fourth-order valence-corrected chi connectivity index (χ4v) is 1.56. The van der Waals surface area contributed by atoms with Crippen LogP contribution < -0.4 is 16.2 Å². The van der Waals surface area contributed by atoms with Gasteiger partial charge in [0.1, 0.15) is 0 Å².